The molecule has 1 aliphatic rings. The molecule has 2 aromatic heterocycles. The van der Waals surface area contributed by atoms with Gasteiger partial charge in [-0.2, -0.15) is 10.2 Å². The van der Waals surface area contributed by atoms with Crippen LogP contribution in [0.2, 0.25) is 0 Å². The van der Waals surface area contributed by atoms with Crippen LogP contribution in [0.5, 0.6) is 5.75 Å². The van der Waals surface area contributed by atoms with Crippen LogP contribution in [0.4, 0.5) is 5.69 Å². The van der Waals surface area contributed by atoms with Crippen LogP contribution in [0.15, 0.2) is 53.9 Å². The lowest BCUT2D eigenvalue weighted by molar-refractivity contribution is -0.120. The number of methoxy groups -OCH3 is 1. The van der Waals surface area contributed by atoms with Crippen molar-refractivity contribution in [2.24, 2.45) is 12.0 Å². The van der Waals surface area contributed by atoms with E-state index in [-0.39, 0.29) is 36.4 Å². The number of carbonyl (C=O) groups is 1. The smallest absolute Gasteiger partial charge is 0.246 e. The molecule has 0 saturated carbocycles. The molecule has 1 saturated heterocycles. The molecule has 0 radical (unpaired) electrons. The average Bonchev–Trinajstić information content (AvgIpc) is 3.46. The van der Waals surface area contributed by atoms with Crippen LogP contribution in [0, 0.1) is 0 Å². The molecule has 1 fully saturated rings. The Kier molecular flexibility index (Phi) is 8.31. The fraction of sp³-hybridized carbons (Fsp3) is 0.364. The number of rotatable bonds is 6. The Balaban J connectivity index is 0.00000306. The van der Waals surface area contributed by atoms with E-state index >= 15 is 0 Å². The van der Waals surface area contributed by atoms with Gasteiger partial charge in [-0.1, -0.05) is 0 Å². The molecule has 11 heteroatoms. The number of carbonyl (C=O) groups excluding carboxylic acids is 1. The van der Waals surface area contributed by atoms with E-state index in [1.807, 2.05) is 66.3 Å². The van der Waals surface area contributed by atoms with Crippen LogP contribution in [-0.4, -0.2) is 69.6 Å². The standard InChI is InChI=1S/C22H28N8O2.HI/c1-4-23-22(28-11-12-29(21(31)16-28)19-14-25-27(2)15-19)24-13-17-9-10-30(26-17)18-5-7-20(32-3)8-6-18;/h5-10,14-15H,4,11-13,16H2,1-3H3,(H,23,24);1H. The number of halogens is 1. The monoisotopic (exact) mass is 564 g/mol. The second kappa shape index (κ2) is 11.2. The summed E-state index contributed by atoms with van der Waals surface area (Å²) in [6.45, 7) is 4.69. The van der Waals surface area contributed by atoms with Crippen LogP contribution in [0.3, 0.4) is 0 Å². The summed E-state index contributed by atoms with van der Waals surface area (Å²) >= 11 is 0. The quantitative estimate of drug-likeness (QED) is 0.280. The van der Waals surface area contributed by atoms with Gasteiger partial charge in [-0.15, -0.1) is 24.0 Å². The van der Waals surface area contributed by atoms with E-state index in [1.165, 1.54) is 0 Å². The fourth-order valence-corrected chi connectivity index (χ4v) is 3.58. The zero-order valence-corrected chi connectivity index (χ0v) is 21.3. The van der Waals surface area contributed by atoms with Crippen molar-refractivity contribution >= 4 is 41.5 Å². The van der Waals surface area contributed by atoms with Crippen LogP contribution in [-0.2, 0) is 18.4 Å². The van der Waals surface area contributed by atoms with Gasteiger partial charge in [-0.3, -0.25) is 9.48 Å². The molecule has 0 unspecified atom stereocenters. The van der Waals surface area contributed by atoms with Gasteiger partial charge in [0.15, 0.2) is 5.96 Å². The summed E-state index contributed by atoms with van der Waals surface area (Å²) < 4.78 is 8.72. The van der Waals surface area contributed by atoms with Crippen molar-refractivity contribution in [3.8, 4) is 11.4 Å². The number of piperazine rings is 1. The van der Waals surface area contributed by atoms with Gasteiger partial charge < -0.3 is 19.9 Å². The first-order valence-corrected chi connectivity index (χ1v) is 10.6. The van der Waals surface area contributed by atoms with Crippen molar-refractivity contribution in [3.05, 3.63) is 54.6 Å². The Morgan fingerprint density at radius 2 is 1.97 bits per heavy atom. The predicted octanol–water partition coefficient (Wildman–Crippen LogP) is 2.05. The largest absolute Gasteiger partial charge is 0.497 e. The van der Waals surface area contributed by atoms with Crippen molar-refractivity contribution in [2.75, 3.05) is 38.2 Å². The Morgan fingerprint density at radius 1 is 1.18 bits per heavy atom. The third kappa shape index (κ3) is 5.83. The third-order valence-electron chi connectivity index (χ3n) is 5.23. The molecule has 0 atom stereocenters. The minimum absolute atomic E-state index is 0. The first kappa shape index (κ1) is 24.6. The highest BCUT2D eigenvalue weighted by molar-refractivity contribution is 14.0. The Morgan fingerprint density at radius 3 is 2.61 bits per heavy atom. The average molecular weight is 564 g/mol. The molecule has 1 amide bonds. The highest BCUT2D eigenvalue weighted by atomic mass is 127. The number of aromatic nitrogens is 4. The fourth-order valence-electron chi connectivity index (χ4n) is 3.58. The molecule has 1 aromatic carbocycles. The van der Waals surface area contributed by atoms with E-state index in [0.717, 1.165) is 29.4 Å². The van der Waals surface area contributed by atoms with E-state index in [2.05, 4.69) is 15.5 Å². The summed E-state index contributed by atoms with van der Waals surface area (Å²) in [6.07, 6.45) is 5.48. The van der Waals surface area contributed by atoms with Gasteiger partial charge in [0.2, 0.25) is 5.91 Å². The molecule has 10 nitrogen and oxygen atoms in total. The van der Waals surface area contributed by atoms with Crippen LogP contribution >= 0.6 is 24.0 Å². The van der Waals surface area contributed by atoms with E-state index in [4.69, 9.17) is 9.73 Å². The van der Waals surface area contributed by atoms with Gasteiger partial charge in [-0.25, -0.2) is 9.67 Å². The molecule has 1 N–H and O–H groups in total. The van der Waals surface area contributed by atoms with Crippen LogP contribution in [0.1, 0.15) is 12.6 Å². The predicted molar refractivity (Wildman–Crippen MR) is 137 cm³/mol. The highest BCUT2D eigenvalue weighted by Gasteiger charge is 2.27. The molecule has 0 spiro atoms. The minimum atomic E-state index is 0. The second-order valence-electron chi connectivity index (χ2n) is 7.46. The molecular weight excluding hydrogens is 535 g/mol. The number of amides is 1. The first-order chi connectivity index (χ1) is 15.6. The number of nitrogens with one attached hydrogen (secondary N) is 1. The second-order valence-corrected chi connectivity index (χ2v) is 7.46. The summed E-state index contributed by atoms with van der Waals surface area (Å²) in [5.41, 5.74) is 2.62. The molecule has 3 aromatic rings. The molecule has 0 bridgehead atoms. The maximum Gasteiger partial charge on any atom is 0.246 e. The molecule has 0 aliphatic carbocycles. The number of hydrogen-bond donors (Lipinski definition) is 1. The summed E-state index contributed by atoms with van der Waals surface area (Å²) in [6, 6.07) is 9.66. The topological polar surface area (TPSA) is 92.8 Å². The minimum Gasteiger partial charge on any atom is -0.497 e. The normalized spacial score (nSPS) is 14.3. The van der Waals surface area contributed by atoms with E-state index in [1.54, 1.807) is 22.9 Å². The number of aryl methyl sites for hydroxylation is 1. The van der Waals surface area contributed by atoms with E-state index in [9.17, 15) is 4.79 Å². The summed E-state index contributed by atoms with van der Waals surface area (Å²) in [5.74, 6) is 1.54. The molecule has 176 valence electrons. The molecule has 33 heavy (non-hydrogen) atoms. The molecular formula is C22H29IN8O2. The lowest BCUT2D eigenvalue weighted by Gasteiger charge is -2.35. The van der Waals surface area contributed by atoms with Crippen LogP contribution < -0.4 is 15.0 Å². The highest BCUT2D eigenvalue weighted by Crippen LogP contribution is 2.17. The zero-order chi connectivity index (χ0) is 22.5. The number of anilines is 1. The lowest BCUT2D eigenvalue weighted by atomic mass is 10.3. The van der Waals surface area contributed by atoms with Gasteiger partial charge in [0, 0.05) is 39.1 Å². The number of guanidine groups is 1. The van der Waals surface area contributed by atoms with Gasteiger partial charge in [0.05, 0.1) is 36.9 Å². The number of hydrogen-bond acceptors (Lipinski definition) is 5. The Hall–Kier alpha value is -3.09. The Labute approximate surface area is 210 Å². The van der Waals surface area contributed by atoms with Crippen molar-refractivity contribution in [3.63, 3.8) is 0 Å². The lowest BCUT2D eigenvalue weighted by Crippen LogP contribution is -2.55. The Bertz CT molecular complexity index is 1090. The molecule has 1 aliphatic heterocycles. The maximum absolute atomic E-state index is 12.7. The van der Waals surface area contributed by atoms with Gasteiger partial charge in [0.1, 0.15) is 12.3 Å². The number of nitrogens with zero attached hydrogens (tertiary/aromatic N) is 7. The van der Waals surface area contributed by atoms with Crippen molar-refractivity contribution < 1.29 is 9.53 Å². The maximum atomic E-state index is 12.7. The number of aliphatic imine (C=N–C) groups is 1. The summed E-state index contributed by atoms with van der Waals surface area (Å²) in [7, 11) is 3.49. The van der Waals surface area contributed by atoms with Gasteiger partial charge >= 0.3 is 0 Å². The van der Waals surface area contributed by atoms with Crippen molar-refractivity contribution in [1.82, 2.24) is 29.8 Å². The SMILES string of the molecule is CCNC(=NCc1ccn(-c2ccc(OC)cc2)n1)N1CCN(c2cnn(C)c2)C(=O)C1.I. The van der Waals surface area contributed by atoms with E-state index < -0.39 is 0 Å². The molecule has 4 rings (SSSR count). The number of ether oxygens (including phenoxy) is 1. The van der Waals surface area contributed by atoms with Crippen molar-refractivity contribution in [2.45, 2.75) is 13.5 Å². The molecule has 3 heterocycles. The number of benzene rings is 1. The van der Waals surface area contributed by atoms with E-state index in [0.29, 0.717) is 25.6 Å². The first-order valence-electron chi connectivity index (χ1n) is 10.6. The summed E-state index contributed by atoms with van der Waals surface area (Å²) in [4.78, 5) is 21.2. The van der Waals surface area contributed by atoms with Crippen molar-refractivity contribution in [1.29, 1.82) is 0 Å². The third-order valence-corrected chi connectivity index (χ3v) is 5.23. The van der Waals surface area contributed by atoms with Gasteiger partial charge in [-0.05, 0) is 37.3 Å². The van der Waals surface area contributed by atoms with Gasteiger partial charge in [0.25, 0.3) is 0 Å². The summed E-state index contributed by atoms with van der Waals surface area (Å²) in [5, 5.41) is 12.1. The zero-order valence-electron chi connectivity index (χ0n) is 19.0. The van der Waals surface area contributed by atoms with Crippen LogP contribution in [0.25, 0.3) is 5.69 Å².